The first-order valence-corrected chi connectivity index (χ1v) is 15.6. The Morgan fingerprint density at radius 2 is 0.760 bits per heavy atom. The predicted molar refractivity (Wildman–Crippen MR) is 124 cm³/mol. The molecule has 0 aromatic carbocycles. The number of aliphatic hydroxyl groups excluding tert-OH is 1. The van der Waals surface area contributed by atoms with E-state index in [9.17, 15) is 0 Å². The molecular weight excluding hydrogens is 408 g/mol. The van der Waals surface area contributed by atoms with E-state index in [2.05, 4.69) is 99.0 Å². The van der Waals surface area contributed by atoms with Crippen molar-refractivity contribution in [3.63, 3.8) is 0 Å². The Hall–Kier alpha value is 0.834. The molecule has 0 aliphatic rings. The van der Waals surface area contributed by atoms with Crippen molar-refractivity contribution >= 4 is 32.6 Å². The van der Waals surface area contributed by atoms with Gasteiger partial charge in [-0.25, -0.2) is 0 Å². The molecule has 0 fully saturated rings. The van der Waals surface area contributed by atoms with Crippen molar-refractivity contribution in [2.45, 2.75) is 116 Å². The molecular formula is C20H47BrO2Si2. The van der Waals surface area contributed by atoms with Crippen LogP contribution in [0.25, 0.3) is 0 Å². The second-order valence-electron chi connectivity index (χ2n) is 9.15. The summed E-state index contributed by atoms with van der Waals surface area (Å²) in [5.41, 5.74) is 4.09. The zero-order valence-corrected chi connectivity index (χ0v) is 22.7. The van der Waals surface area contributed by atoms with Crippen LogP contribution in [0.5, 0.6) is 0 Å². The van der Waals surface area contributed by atoms with E-state index in [0.29, 0.717) is 38.6 Å². The standard InChI is InChI=1S/C18H42OSi2.C2H5BrO/c1-13(2)20(14(3)4,15(5)6)19-21(16(7)8,17(9)10)18(11)12;3-1-2-4/h13-18H,1-12H3;4H,1-2H2. The third-order valence-corrected chi connectivity index (χ3v) is 19.9. The summed E-state index contributed by atoms with van der Waals surface area (Å²) in [7, 11) is -3.58. The molecule has 5 heteroatoms. The fourth-order valence-corrected chi connectivity index (χ4v) is 21.1. The van der Waals surface area contributed by atoms with Gasteiger partial charge in [-0.1, -0.05) is 99.0 Å². The van der Waals surface area contributed by atoms with Crippen molar-refractivity contribution < 1.29 is 9.22 Å². The Morgan fingerprint density at radius 3 is 0.840 bits per heavy atom. The zero-order chi connectivity index (χ0) is 20.6. The third-order valence-electron chi connectivity index (χ3n) is 5.85. The van der Waals surface area contributed by atoms with Crippen LogP contribution in [0.4, 0.5) is 0 Å². The minimum absolute atomic E-state index is 0.236. The Labute approximate surface area is 169 Å². The molecule has 154 valence electrons. The van der Waals surface area contributed by atoms with Crippen LogP contribution >= 0.6 is 15.9 Å². The predicted octanol–water partition coefficient (Wildman–Crippen LogP) is 7.73. The number of alkyl halides is 1. The lowest BCUT2D eigenvalue weighted by atomic mass is 10.5. The highest BCUT2D eigenvalue weighted by atomic mass is 79.9. The van der Waals surface area contributed by atoms with Crippen LogP contribution in [-0.4, -0.2) is 33.7 Å². The largest absolute Gasteiger partial charge is 0.454 e. The van der Waals surface area contributed by atoms with Gasteiger partial charge in [0.05, 0.1) is 6.61 Å². The SMILES string of the molecule is CC(C)[Si](O[Si](C(C)C)(C(C)C)C(C)C)(C(C)C)C(C)C.OCCBr. The highest BCUT2D eigenvalue weighted by Crippen LogP contribution is 2.51. The first-order valence-electron chi connectivity index (χ1n) is 10.2. The molecule has 0 saturated heterocycles. The number of rotatable bonds is 9. The number of aliphatic hydroxyl groups is 1. The average molecular weight is 456 g/mol. The van der Waals surface area contributed by atoms with Gasteiger partial charge in [-0.3, -0.25) is 0 Å². The first kappa shape index (κ1) is 28.0. The molecule has 0 bridgehead atoms. The van der Waals surface area contributed by atoms with Gasteiger partial charge in [0.15, 0.2) is 16.6 Å². The van der Waals surface area contributed by atoms with E-state index in [1.165, 1.54) is 0 Å². The van der Waals surface area contributed by atoms with Crippen LogP contribution in [-0.2, 0) is 4.12 Å². The van der Waals surface area contributed by atoms with Crippen LogP contribution in [0.2, 0.25) is 33.2 Å². The number of halogens is 1. The molecule has 0 saturated carbocycles. The Bertz CT molecular complexity index is 267. The van der Waals surface area contributed by atoms with Gasteiger partial charge >= 0.3 is 0 Å². The summed E-state index contributed by atoms with van der Waals surface area (Å²) in [6, 6.07) is 0. The van der Waals surface area contributed by atoms with E-state index in [-0.39, 0.29) is 6.61 Å². The van der Waals surface area contributed by atoms with Crippen molar-refractivity contribution in [1.82, 2.24) is 0 Å². The molecule has 25 heavy (non-hydrogen) atoms. The van der Waals surface area contributed by atoms with Crippen LogP contribution < -0.4 is 0 Å². The molecule has 0 amide bonds. The number of hydrogen-bond donors (Lipinski definition) is 1. The fourth-order valence-electron chi connectivity index (χ4n) is 5.01. The first-order chi connectivity index (χ1) is 11.3. The van der Waals surface area contributed by atoms with Crippen molar-refractivity contribution in [1.29, 1.82) is 0 Å². The molecule has 0 aliphatic heterocycles. The molecule has 0 rings (SSSR count). The van der Waals surface area contributed by atoms with Crippen LogP contribution in [0.1, 0.15) is 83.1 Å². The second kappa shape index (κ2) is 12.3. The van der Waals surface area contributed by atoms with Crippen molar-refractivity contribution in [3.8, 4) is 0 Å². The topological polar surface area (TPSA) is 29.5 Å². The fraction of sp³-hybridized carbons (Fsp3) is 1.00. The minimum atomic E-state index is -1.79. The summed E-state index contributed by atoms with van der Waals surface area (Å²) >= 11 is 3.00. The monoisotopic (exact) mass is 454 g/mol. The van der Waals surface area contributed by atoms with Crippen LogP contribution in [0.3, 0.4) is 0 Å². The van der Waals surface area contributed by atoms with Crippen LogP contribution in [0.15, 0.2) is 0 Å². The highest BCUT2D eigenvalue weighted by molar-refractivity contribution is 9.09. The van der Waals surface area contributed by atoms with Gasteiger partial charge in [0.2, 0.25) is 0 Å². The molecule has 0 aromatic heterocycles. The molecule has 1 N–H and O–H groups in total. The molecule has 0 radical (unpaired) electrons. The Morgan fingerprint density at radius 1 is 0.600 bits per heavy atom. The average Bonchev–Trinajstić information content (AvgIpc) is 2.46. The maximum Gasteiger partial charge on any atom is 0.187 e. The van der Waals surface area contributed by atoms with E-state index in [1.54, 1.807) is 0 Å². The molecule has 0 aliphatic carbocycles. The molecule has 0 aromatic rings. The number of hydrogen-bond acceptors (Lipinski definition) is 2. The summed E-state index contributed by atoms with van der Waals surface area (Å²) in [6.07, 6.45) is 0. The van der Waals surface area contributed by atoms with Gasteiger partial charge in [0, 0.05) is 5.33 Å². The van der Waals surface area contributed by atoms with Gasteiger partial charge in [0.1, 0.15) is 0 Å². The van der Waals surface area contributed by atoms with E-state index in [4.69, 9.17) is 9.22 Å². The van der Waals surface area contributed by atoms with Crippen molar-refractivity contribution in [2.24, 2.45) is 0 Å². The summed E-state index contributed by atoms with van der Waals surface area (Å²) in [5.74, 6) is 0. The third kappa shape index (κ3) is 6.74. The van der Waals surface area contributed by atoms with E-state index >= 15 is 0 Å². The summed E-state index contributed by atoms with van der Waals surface area (Å²) < 4.78 is 7.47. The zero-order valence-electron chi connectivity index (χ0n) is 19.1. The molecule has 0 atom stereocenters. The minimum Gasteiger partial charge on any atom is -0.454 e. The Kier molecular flexibility index (Phi) is 13.8. The quantitative estimate of drug-likeness (QED) is 0.285. The van der Waals surface area contributed by atoms with Crippen molar-refractivity contribution in [3.05, 3.63) is 0 Å². The molecule has 0 spiro atoms. The van der Waals surface area contributed by atoms with Gasteiger partial charge in [-0.15, -0.1) is 0 Å². The summed E-state index contributed by atoms with van der Waals surface area (Å²) in [6.45, 7) is 29.1. The molecule has 0 unspecified atom stereocenters. The molecule has 2 nitrogen and oxygen atoms in total. The van der Waals surface area contributed by atoms with Gasteiger partial charge < -0.3 is 9.22 Å². The van der Waals surface area contributed by atoms with E-state index in [1.807, 2.05) is 0 Å². The normalized spacial score (nSPS) is 13.4. The second-order valence-corrected chi connectivity index (χ2v) is 21.1. The smallest absolute Gasteiger partial charge is 0.187 e. The van der Waals surface area contributed by atoms with E-state index in [0.717, 1.165) is 0 Å². The maximum absolute atomic E-state index is 7.83. The lowest BCUT2D eigenvalue weighted by Gasteiger charge is -2.54. The highest BCUT2D eigenvalue weighted by Gasteiger charge is 2.54. The van der Waals surface area contributed by atoms with Crippen LogP contribution in [0, 0.1) is 0 Å². The maximum atomic E-state index is 7.83. The van der Waals surface area contributed by atoms with E-state index < -0.39 is 16.6 Å². The van der Waals surface area contributed by atoms with Gasteiger partial charge in [0.25, 0.3) is 0 Å². The lowest BCUT2D eigenvalue weighted by Crippen LogP contribution is -2.60. The van der Waals surface area contributed by atoms with Gasteiger partial charge in [-0.2, -0.15) is 0 Å². The molecule has 0 heterocycles. The summed E-state index contributed by atoms with van der Waals surface area (Å²) in [5, 5.41) is 8.52. The lowest BCUT2D eigenvalue weighted by molar-refractivity contribution is 0.324. The Balaban J connectivity index is 0. The summed E-state index contributed by atoms with van der Waals surface area (Å²) in [4.78, 5) is 0. The van der Waals surface area contributed by atoms with Gasteiger partial charge in [-0.05, 0) is 33.2 Å². The van der Waals surface area contributed by atoms with Crippen molar-refractivity contribution in [2.75, 3.05) is 11.9 Å².